The SMILES string of the molecule is Nc1nccc(-c2c(-c3cccc(Cl)c3)nn3cc(C(F)(F)F)ccc23)n1. The molecule has 4 aromatic rings. The molecule has 0 radical (unpaired) electrons. The molecule has 0 aliphatic heterocycles. The van der Waals surface area contributed by atoms with E-state index in [0.29, 0.717) is 33.1 Å². The summed E-state index contributed by atoms with van der Waals surface area (Å²) in [4.78, 5) is 8.07. The summed E-state index contributed by atoms with van der Waals surface area (Å²) in [6.07, 6.45) is -2.06. The molecule has 2 N–H and O–H groups in total. The Morgan fingerprint density at radius 1 is 1.07 bits per heavy atom. The Balaban J connectivity index is 2.04. The van der Waals surface area contributed by atoms with E-state index in [0.717, 1.165) is 12.3 Å². The van der Waals surface area contributed by atoms with Gasteiger partial charge in [0, 0.05) is 23.0 Å². The second-order valence-electron chi connectivity index (χ2n) is 5.78. The first kappa shape index (κ1) is 17.3. The van der Waals surface area contributed by atoms with Crippen LogP contribution in [0.5, 0.6) is 0 Å². The summed E-state index contributed by atoms with van der Waals surface area (Å²) in [5.41, 5.74) is 7.41. The van der Waals surface area contributed by atoms with E-state index in [1.165, 1.54) is 16.8 Å². The van der Waals surface area contributed by atoms with Gasteiger partial charge in [-0.05, 0) is 30.3 Å². The summed E-state index contributed by atoms with van der Waals surface area (Å²) < 4.78 is 40.4. The topological polar surface area (TPSA) is 69.1 Å². The number of pyridine rings is 1. The first-order chi connectivity index (χ1) is 12.8. The van der Waals surface area contributed by atoms with Gasteiger partial charge in [-0.1, -0.05) is 23.7 Å². The molecule has 0 aliphatic carbocycles. The number of hydrogen-bond acceptors (Lipinski definition) is 4. The number of hydrogen-bond donors (Lipinski definition) is 1. The van der Waals surface area contributed by atoms with Crippen molar-refractivity contribution in [2.75, 3.05) is 5.73 Å². The van der Waals surface area contributed by atoms with Gasteiger partial charge in [0.2, 0.25) is 5.95 Å². The number of benzene rings is 1. The van der Waals surface area contributed by atoms with Crippen LogP contribution in [-0.4, -0.2) is 19.6 Å². The highest BCUT2D eigenvalue weighted by Crippen LogP contribution is 2.37. The smallest absolute Gasteiger partial charge is 0.368 e. The molecule has 0 atom stereocenters. The van der Waals surface area contributed by atoms with Crippen molar-refractivity contribution in [2.24, 2.45) is 0 Å². The van der Waals surface area contributed by atoms with Gasteiger partial charge in [0.1, 0.15) is 5.69 Å². The third-order valence-corrected chi connectivity index (χ3v) is 4.22. The third-order valence-electron chi connectivity index (χ3n) is 3.99. The molecule has 4 rings (SSSR count). The second-order valence-corrected chi connectivity index (χ2v) is 6.22. The van der Waals surface area contributed by atoms with Gasteiger partial charge >= 0.3 is 6.18 Å². The maximum absolute atomic E-state index is 13.1. The Bertz CT molecular complexity index is 1150. The summed E-state index contributed by atoms with van der Waals surface area (Å²) in [5.74, 6) is 0.0517. The molecular formula is C18H11ClF3N5. The van der Waals surface area contributed by atoms with E-state index in [4.69, 9.17) is 17.3 Å². The molecule has 0 saturated carbocycles. The molecule has 3 heterocycles. The number of nitrogen functional groups attached to an aromatic ring is 1. The Morgan fingerprint density at radius 3 is 2.59 bits per heavy atom. The number of anilines is 1. The summed E-state index contributed by atoms with van der Waals surface area (Å²) in [6.45, 7) is 0. The fourth-order valence-corrected chi connectivity index (χ4v) is 3.01. The molecule has 0 fully saturated rings. The lowest BCUT2D eigenvalue weighted by Gasteiger charge is -2.07. The molecule has 0 spiro atoms. The van der Waals surface area contributed by atoms with Crippen LogP contribution in [0.1, 0.15) is 5.56 Å². The summed E-state index contributed by atoms with van der Waals surface area (Å²) in [5, 5.41) is 4.84. The maximum Gasteiger partial charge on any atom is 0.417 e. The highest BCUT2D eigenvalue weighted by atomic mass is 35.5. The Labute approximate surface area is 156 Å². The molecule has 0 saturated heterocycles. The van der Waals surface area contributed by atoms with Crippen molar-refractivity contribution < 1.29 is 13.2 Å². The molecule has 0 unspecified atom stereocenters. The van der Waals surface area contributed by atoms with E-state index in [1.807, 2.05) is 0 Å². The van der Waals surface area contributed by atoms with E-state index in [2.05, 4.69) is 15.1 Å². The first-order valence-corrected chi connectivity index (χ1v) is 8.15. The molecule has 0 bridgehead atoms. The number of alkyl halides is 3. The average Bonchev–Trinajstić information content (AvgIpc) is 2.99. The average molecular weight is 390 g/mol. The fraction of sp³-hybridized carbons (Fsp3) is 0.0556. The van der Waals surface area contributed by atoms with Crippen LogP contribution in [0.15, 0.2) is 54.9 Å². The normalized spacial score (nSPS) is 11.9. The van der Waals surface area contributed by atoms with Gasteiger partial charge in [-0.15, -0.1) is 0 Å². The molecule has 0 amide bonds. The number of nitrogens with zero attached hydrogens (tertiary/aromatic N) is 4. The van der Waals surface area contributed by atoms with E-state index in [-0.39, 0.29) is 5.95 Å². The number of fused-ring (bicyclic) bond motifs is 1. The maximum atomic E-state index is 13.1. The number of nitrogens with two attached hydrogens (primary N) is 1. The summed E-state index contributed by atoms with van der Waals surface area (Å²) in [7, 11) is 0. The van der Waals surface area contributed by atoms with E-state index >= 15 is 0 Å². The van der Waals surface area contributed by atoms with Crippen molar-refractivity contribution in [1.82, 2.24) is 19.6 Å². The zero-order valence-corrected chi connectivity index (χ0v) is 14.3. The van der Waals surface area contributed by atoms with Crippen molar-refractivity contribution in [3.05, 3.63) is 65.4 Å². The number of halogens is 4. The molecule has 27 heavy (non-hydrogen) atoms. The highest BCUT2D eigenvalue weighted by molar-refractivity contribution is 6.30. The van der Waals surface area contributed by atoms with Crippen LogP contribution >= 0.6 is 11.6 Å². The lowest BCUT2D eigenvalue weighted by molar-refractivity contribution is -0.137. The van der Waals surface area contributed by atoms with Crippen molar-refractivity contribution in [3.63, 3.8) is 0 Å². The largest absolute Gasteiger partial charge is 0.417 e. The van der Waals surface area contributed by atoms with Crippen LogP contribution in [0.3, 0.4) is 0 Å². The van der Waals surface area contributed by atoms with Crippen LogP contribution in [0.2, 0.25) is 5.02 Å². The summed E-state index contributed by atoms with van der Waals surface area (Å²) in [6, 6.07) is 10.9. The third kappa shape index (κ3) is 3.19. The van der Waals surface area contributed by atoms with Gasteiger partial charge in [-0.2, -0.15) is 18.3 Å². The van der Waals surface area contributed by atoms with Gasteiger partial charge in [0.15, 0.2) is 0 Å². The van der Waals surface area contributed by atoms with E-state index < -0.39 is 11.7 Å². The number of rotatable bonds is 2. The lowest BCUT2D eigenvalue weighted by atomic mass is 10.0. The monoisotopic (exact) mass is 389 g/mol. The van der Waals surface area contributed by atoms with Crippen molar-refractivity contribution in [3.8, 4) is 22.5 Å². The second kappa shape index (κ2) is 6.24. The predicted octanol–water partition coefficient (Wildman–Crippen LogP) is 4.71. The molecule has 5 nitrogen and oxygen atoms in total. The van der Waals surface area contributed by atoms with E-state index in [9.17, 15) is 13.2 Å². The minimum absolute atomic E-state index is 0.0517. The molecule has 3 aromatic heterocycles. The minimum Gasteiger partial charge on any atom is -0.368 e. The van der Waals surface area contributed by atoms with Gasteiger partial charge < -0.3 is 5.73 Å². The van der Waals surface area contributed by atoms with Gasteiger partial charge in [0.05, 0.1) is 22.3 Å². The predicted molar refractivity (Wildman–Crippen MR) is 96.1 cm³/mol. The van der Waals surface area contributed by atoms with Gasteiger partial charge in [-0.25, -0.2) is 14.5 Å². The zero-order chi connectivity index (χ0) is 19.2. The molecule has 0 aliphatic rings. The van der Waals surface area contributed by atoms with Crippen LogP contribution in [0.25, 0.3) is 28.0 Å². The molecule has 9 heteroatoms. The highest BCUT2D eigenvalue weighted by Gasteiger charge is 2.31. The molecule has 1 aromatic carbocycles. The Hall–Kier alpha value is -3.13. The quantitative estimate of drug-likeness (QED) is 0.539. The lowest BCUT2D eigenvalue weighted by Crippen LogP contribution is -2.06. The van der Waals surface area contributed by atoms with Gasteiger partial charge in [0.25, 0.3) is 0 Å². The molecule has 136 valence electrons. The standard InChI is InChI=1S/C18H11ClF3N5/c19-12-3-1-2-10(8-12)16-15(13-6-7-24-17(23)25-13)14-5-4-11(18(20,21)22)9-27(14)26-16/h1-9H,(H2,23,24,25). The van der Waals surface area contributed by atoms with Crippen molar-refractivity contribution in [1.29, 1.82) is 0 Å². The van der Waals surface area contributed by atoms with Crippen LogP contribution in [0.4, 0.5) is 19.1 Å². The van der Waals surface area contributed by atoms with Crippen LogP contribution < -0.4 is 5.73 Å². The fourth-order valence-electron chi connectivity index (χ4n) is 2.82. The van der Waals surface area contributed by atoms with Crippen molar-refractivity contribution in [2.45, 2.75) is 6.18 Å². The van der Waals surface area contributed by atoms with Crippen LogP contribution in [0, 0.1) is 0 Å². The Morgan fingerprint density at radius 2 is 1.89 bits per heavy atom. The van der Waals surface area contributed by atoms with E-state index in [1.54, 1.807) is 30.3 Å². The number of aromatic nitrogens is 4. The Kier molecular flexibility index (Phi) is 4.00. The zero-order valence-electron chi connectivity index (χ0n) is 13.6. The summed E-state index contributed by atoms with van der Waals surface area (Å²) >= 11 is 6.07. The van der Waals surface area contributed by atoms with Gasteiger partial charge in [-0.3, -0.25) is 0 Å². The van der Waals surface area contributed by atoms with Crippen LogP contribution in [-0.2, 0) is 6.18 Å². The first-order valence-electron chi connectivity index (χ1n) is 7.77. The van der Waals surface area contributed by atoms with Crippen molar-refractivity contribution >= 4 is 23.1 Å². The molecular weight excluding hydrogens is 379 g/mol. The minimum atomic E-state index is -4.48.